The van der Waals surface area contributed by atoms with E-state index in [9.17, 15) is 0 Å². The molecule has 0 aliphatic heterocycles. The van der Waals surface area contributed by atoms with Crippen molar-refractivity contribution in [2.75, 3.05) is 6.54 Å². The van der Waals surface area contributed by atoms with E-state index in [-0.39, 0.29) is 6.10 Å². The van der Waals surface area contributed by atoms with Gasteiger partial charge in [-0.2, -0.15) is 0 Å². The molecule has 114 valence electrons. The van der Waals surface area contributed by atoms with E-state index in [1.165, 1.54) is 12.8 Å². The van der Waals surface area contributed by atoms with Gasteiger partial charge in [-0.1, -0.05) is 44.9 Å². The molecule has 0 radical (unpaired) electrons. The lowest BCUT2D eigenvalue weighted by Crippen LogP contribution is -2.46. The van der Waals surface area contributed by atoms with Crippen LogP contribution in [0.15, 0.2) is 24.3 Å². The minimum absolute atomic E-state index is 0.126. The number of hydrogen-bond acceptors (Lipinski definition) is 2. The van der Waals surface area contributed by atoms with Crippen molar-refractivity contribution in [3.8, 4) is 5.75 Å². The molecule has 0 bridgehead atoms. The quantitative estimate of drug-likeness (QED) is 0.699. The molecule has 0 aromatic heterocycles. The molecule has 1 aromatic carbocycles. The molecule has 20 heavy (non-hydrogen) atoms. The lowest BCUT2D eigenvalue weighted by Gasteiger charge is -2.31. The Balaban J connectivity index is 2.68. The fourth-order valence-corrected chi connectivity index (χ4v) is 2.78. The van der Waals surface area contributed by atoms with E-state index in [0.29, 0.717) is 12.0 Å². The Kier molecular flexibility index (Phi) is 8.01. The van der Waals surface area contributed by atoms with E-state index in [2.05, 4.69) is 33.0 Å². The molecule has 0 amide bonds. The highest BCUT2D eigenvalue weighted by Crippen LogP contribution is 2.22. The Bertz CT molecular complexity index is 383. The minimum Gasteiger partial charge on any atom is -0.489 e. The van der Waals surface area contributed by atoms with Gasteiger partial charge in [-0.05, 0) is 50.4 Å². The van der Waals surface area contributed by atoms with Gasteiger partial charge in [-0.25, -0.2) is 0 Å². The maximum absolute atomic E-state index is 6.07. The van der Waals surface area contributed by atoms with Crippen molar-refractivity contribution in [2.45, 2.75) is 59.1 Å². The fourth-order valence-electron chi connectivity index (χ4n) is 2.60. The molecule has 0 saturated heterocycles. The van der Waals surface area contributed by atoms with E-state index >= 15 is 0 Å². The summed E-state index contributed by atoms with van der Waals surface area (Å²) >= 11 is 6.01. The van der Waals surface area contributed by atoms with Crippen LogP contribution in [0.25, 0.3) is 0 Å². The molecule has 3 unspecified atom stereocenters. The van der Waals surface area contributed by atoms with Crippen LogP contribution in [0.3, 0.4) is 0 Å². The van der Waals surface area contributed by atoms with Gasteiger partial charge in [0.05, 0.1) is 0 Å². The number of benzene rings is 1. The van der Waals surface area contributed by atoms with E-state index in [0.717, 1.165) is 23.7 Å². The summed E-state index contributed by atoms with van der Waals surface area (Å²) in [5.74, 6) is 1.44. The van der Waals surface area contributed by atoms with Gasteiger partial charge in [0.25, 0.3) is 0 Å². The second kappa shape index (κ2) is 9.25. The lowest BCUT2D eigenvalue weighted by atomic mass is 9.93. The molecule has 3 heteroatoms. The van der Waals surface area contributed by atoms with E-state index in [1.54, 1.807) is 0 Å². The topological polar surface area (TPSA) is 21.3 Å². The SMILES string of the molecule is CCCNC(C(C)CCC)C(C)Oc1cccc(Cl)c1. The second-order valence-electron chi connectivity index (χ2n) is 5.53. The fraction of sp³-hybridized carbons (Fsp3) is 0.647. The maximum atomic E-state index is 6.07. The van der Waals surface area contributed by atoms with Crippen molar-refractivity contribution in [3.05, 3.63) is 29.3 Å². The number of hydrogen-bond donors (Lipinski definition) is 1. The van der Waals surface area contributed by atoms with Crippen LogP contribution < -0.4 is 10.1 Å². The zero-order chi connectivity index (χ0) is 15.0. The first kappa shape index (κ1) is 17.3. The third-order valence-electron chi connectivity index (χ3n) is 3.61. The van der Waals surface area contributed by atoms with E-state index in [1.807, 2.05) is 24.3 Å². The van der Waals surface area contributed by atoms with Crippen LogP contribution in [0, 0.1) is 5.92 Å². The molecule has 0 fully saturated rings. The molecule has 2 nitrogen and oxygen atoms in total. The van der Waals surface area contributed by atoms with Crippen molar-refractivity contribution < 1.29 is 4.74 Å². The van der Waals surface area contributed by atoms with Gasteiger partial charge in [-0.15, -0.1) is 0 Å². The molecule has 0 heterocycles. The van der Waals surface area contributed by atoms with Crippen molar-refractivity contribution in [1.82, 2.24) is 5.32 Å². The van der Waals surface area contributed by atoms with E-state index < -0.39 is 0 Å². The molecule has 0 aliphatic rings. The molecule has 0 saturated carbocycles. The Morgan fingerprint density at radius 3 is 2.55 bits per heavy atom. The van der Waals surface area contributed by atoms with Crippen LogP contribution in [0.5, 0.6) is 5.75 Å². The Labute approximate surface area is 128 Å². The molecular weight excluding hydrogens is 270 g/mol. The van der Waals surface area contributed by atoms with Crippen LogP contribution >= 0.6 is 11.6 Å². The molecule has 0 spiro atoms. The summed E-state index contributed by atoms with van der Waals surface area (Å²) < 4.78 is 6.07. The average Bonchev–Trinajstić information content (AvgIpc) is 2.39. The highest BCUT2D eigenvalue weighted by atomic mass is 35.5. The zero-order valence-electron chi connectivity index (χ0n) is 13.2. The van der Waals surface area contributed by atoms with Gasteiger partial charge in [0.2, 0.25) is 0 Å². The molecule has 0 aliphatic carbocycles. The third kappa shape index (κ3) is 5.72. The van der Waals surface area contributed by atoms with Crippen LogP contribution in [0.2, 0.25) is 5.02 Å². The monoisotopic (exact) mass is 297 g/mol. The largest absolute Gasteiger partial charge is 0.489 e. The minimum atomic E-state index is 0.126. The second-order valence-corrected chi connectivity index (χ2v) is 5.96. The highest BCUT2D eigenvalue weighted by molar-refractivity contribution is 6.30. The van der Waals surface area contributed by atoms with Gasteiger partial charge in [0.1, 0.15) is 11.9 Å². The first-order valence-corrected chi connectivity index (χ1v) is 8.11. The maximum Gasteiger partial charge on any atom is 0.121 e. The van der Waals surface area contributed by atoms with Crippen LogP contribution in [0.4, 0.5) is 0 Å². The molecular formula is C17H28ClNO. The number of halogens is 1. The standard InChI is InChI=1S/C17H28ClNO/c1-5-8-13(3)17(19-11-6-2)14(4)20-16-10-7-9-15(18)12-16/h7,9-10,12-14,17,19H,5-6,8,11H2,1-4H3. The summed E-state index contributed by atoms with van der Waals surface area (Å²) in [7, 11) is 0. The van der Waals surface area contributed by atoms with Gasteiger partial charge in [0.15, 0.2) is 0 Å². The average molecular weight is 298 g/mol. The summed E-state index contributed by atoms with van der Waals surface area (Å²) in [6.45, 7) is 9.89. The lowest BCUT2D eigenvalue weighted by molar-refractivity contribution is 0.135. The number of rotatable bonds is 9. The third-order valence-corrected chi connectivity index (χ3v) is 3.85. The highest BCUT2D eigenvalue weighted by Gasteiger charge is 2.24. The smallest absolute Gasteiger partial charge is 0.121 e. The molecule has 3 atom stereocenters. The van der Waals surface area contributed by atoms with Gasteiger partial charge in [-0.3, -0.25) is 0 Å². The normalized spacial score (nSPS) is 15.7. The van der Waals surface area contributed by atoms with Crippen molar-refractivity contribution in [3.63, 3.8) is 0 Å². The number of nitrogens with one attached hydrogen (secondary N) is 1. The Morgan fingerprint density at radius 1 is 1.20 bits per heavy atom. The Hall–Kier alpha value is -0.730. The van der Waals surface area contributed by atoms with Crippen molar-refractivity contribution >= 4 is 11.6 Å². The van der Waals surface area contributed by atoms with Crippen molar-refractivity contribution in [2.24, 2.45) is 5.92 Å². The van der Waals surface area contributed by atoms with Gasteiger partial charge in [0, 0.05) is 11.1 Å². The summed E-state index contributed by atoms with van der Waals surface area (Å²) in [6.07, 6.45) is 3.68. The summed E-state index contributed by atoms with van der Waals surface area (Å²) in [5.41, 5.74) is 0. The Morgan fingerprint density at radius 2 is 1.95 bits per heavy atom. The first-order valence-electron chi connectivity index (χ1n) is 7.74. The van der Waals surface area contributed by atoms with Crippen molar-refractivity contribution in [1.29, 1.82) is 0 Å². The van der Waals surface area contributed by atoms with E-state index in [4.69, 9.17) is 16.3 Å². The molecule has 1 N–H and O–H groups in total. The van der Waals surface area contributed by atoms with Crippen LogP contribution in [-0.4, -0.2) is 18.7 Å². The number of ether oxygens (including phenoxy) is 1. The molecule has 1 rings (SSSR count). The van der Waals surface area contributed by atoms with Gasteiger partial charge < -0.3 is 10.1 Å². The van der Waals surface area contributed by atoms with Crippen LogP contribution in [-0.2, 0) is 0 Å². The van der Waals surface area contributed by atoms with Gasteiger partial charge >= 0.3 is 0 Å². The summed E-state index contributed by atoms with van der Waals surface area (Å²) in [5, 5.41) is 4.35. The summed E-state index contributed by atoms with van der Waals surface area (Å²) in [6, 6.07) is 8.00. The predicted molar refractivity (Wildman–Crippen MR) is 87.7 cm³/mol. The first-order chi connectivity index (χ1) is 9.58. The molecule has 1 aromatic rings. The zero-order valence-corrected chi connectivity index (χ0v) is 13.9. The van der Waals surface area contributed by atoms with Crippen LogP contribution in [0.1, 0.15) is 47.0 Å². The summed E-state index contributed by atoms with van der Waals surface area (Å²) in [4.78, 5) is 0. The predicted octanol–water partition coefficient (Wildman–Crippen LogP) is 4.91.